The van der Waals surface area contributed by atoms with E-state index in [-0.39, 0.29) is 5.82 Å². The number of benzene rings is 1. The Kier molecular flexibility index (Phi) is 5.45. The van der Waals surface area contributed by atoms with E-state index < -0.39 is 0 Å². The lowest BCUT2D eigenvalue weighted by Gasteiger charge is -2.20. The summed E-state index contributed by atoms with van der Waals surface area (Å²) in [5.41, 5.74) is 3.46. The maximum Gasteiger partial charge on any atom is 0.161 e. The Morgan fingerprint density at radius 2 is 1.93 bits per heavy atom. The summed E-state index contributed by atoms with van der Waals surface area (Å²) in [6.45, 7) is 4.64. The van der Waals surface area contributed by atoms with Gasteiger partial charge in [-0.15, -0.1) is 0 Å². The quantitative estimate of drug-likeness (QED) is 0.733. The van der Waals surface area contributed by atoms with E-state index in [1.54, 1.807) is 20.3 Å². The van der Waals surface area contributed by atoms with Gasteiger partial charge in [0.05, 0.1) is 25.6 Å². The van der Waals surface area contributed by atoms with Crippen molar-refractivity contribution in [1.29, 1.82) is 0 Å². The molecule has 7 heteroatoms. The van der Waals surface area contributed by atoms with Crippen LogP contribution in [0.2, 0.25) is 0 Å². The molecule has 1 fully saturated rings. The van der Waals surface area contributed by atoms with E-state index in [1.807, 2.05) is 22.6 Å². The van der Waals surface area contributed by atoms with Gasteiger partial charge in [0.2, 0.25) is 0 Å². The molecule has 3 aromatic rings. The van der Waals surface area contributed by atoms with Crippen molar-refractivity contribution in [2.24, 2.45) is 0 Å². The van der Waals surface area contributed by atoms with Gasteiger partial charge < -0.3 is 14.8 Å². The average molecular weight is 384 g/mol. The van der Waals surface area contributed by atoms with Gasteiger partial charge >= 0.3 is 0 Å². The van der Waals surface area contributed by atoms with Crippen LogP contribution in [0, 0.1) is 5.82 Å². The molecule has 1 saturated heterocycles. The van der Waals surface area contributed by atoms with E-state index >= 15 is 0 Å². The molecule has 0 radical (unpaired) electrons. The minimum absolute atomic E-state index is 0.275. The normalized spacial score (nSPS) is 15.5. The van der Waals surface area contributed by atoms with Crippen LogP contribution in [0.15, 0.2) is 36.5 Å². The molecule has 0 aliphatic carbocycles. The zero-order valence-corrected chi connectivity index (χ0v) is 16.2. The molecule has 1 N–H and O–H groups in total. The number of imidazole rings is 1. The molecule has 1 aromatic carbocycles. The van der Waals surface area contributed by atoms with Crippen LogP contribution in [0.5, 0.6) is 11.5 Å². The smallest absolute Gasteiger partial charge is 0.161 e. The van der Waals surface area contributed by atoms with Gasteiger partial charge in [0.25, 0.3) is 0 Å². The van der Waals surface area contributed by atoms with Gasteiger partial charge in [-0.1, -0.05) is 0 Å². The molecular weight excluding hydrogens is 359 g/mol. The maximum atomic E-state index is 14.0. The number of methoxy groups -OCH3 is 2. The van der Waals surface area contributed by atoms with Gasteiger partial charge in [0.1, 0.15) is 11.5 Å². The standard InChI is InChI=1S/C21H25FN4O2/c1-27-18-6-4-15(12-19(18)28-2)21-17(14-25-10-3-8-23-9-11-25)26-13-16(22)5-7-20(26)24-21/h4-7,12-13,23H,3,8-11,14H2,1-2H3. The number of nitrogens with one attached hydrogen (secondary N) is 1. The van der Waals surface area contributed by atoms with Crippen molar-refractivity contribution in [3.8, 4) is 22.8 Å². The third-order valence-electron chi connectivity index (χ3n) is 5.14. The number of nitrogens with zero attached hydrogens (tertiary/aromatic N) is 3. The van der Waals surface area contributed by atoms with Crippen LogP contribution in [0.4, 0.5) is 4.39 Å². The first-order valence-corrected chi connectivity index (χ1v) is 9.51. The van der Waals surface area contributed by atoms with Crippen molar-refractivity contribution in [2.45, 2.75) is 13.0 Å². The van der Waals surface area contributed by atoms with Gasteiger partial charge in [-0.25, -0.2) is 9.37 Å². The van der Waals surface area contributed by atoms with E-state index in [1.165, 1.54) is 12.3 Å². The lowest BCUT2D eigenvalue weighted by molar-refractivity contribution is 0.280. The Morgan fingerprint density at radius 3 is 2.75 bits per heavy atom. The highest BCUT2D eigenvalue weighted by atomic mass is 19.1. The number of halogens is 1. The van der Waals surface area contributed by atoms with Gasteiger partial charge in [0.15, 0.2) is 11.5 Å². The molecule has 28 heavy (non-hydrogen) atoms. The highest BCUT2D eigenvalue weighted by Gasteiger charge is 2.19. The maximum absolute atomic E-state index is 14.0. The fraction of sp³-hybridized carbons (Fsp3) is 0.381. The van der Waals surface area contributed by atoms with Crippen molar-refractivity contribution in [1.82, 2.24) is 19.6 Å². The topological polar surface area (TPSA) is 51.0 Å². The summed E-state index contributed by atoms with van der Waals surface area (Å²) in [5, 5.41) is 3.42. The third-order valence-corrected chi connectivity index (χ3v) is 5.14. The van der Waals surface area contributed by atoms with Crippen LogP contribution in [0.3, 0.4) is 0 Å². The summed E-state index contributed by atoms with van der Waals surface area (Å²) in [7, 11) is 3.23. The van der Waals surface area contributed by atoms with Crippen LogP contribution in [-0.4, -0.2) is 54.7 Å². The van der Waals surface area contributed by atoms with Gasteiger partial charge in [-0.3, -0.25) is 9.30 Å². The molecule has 2 aromatic heterocycles. The molecule has 0 amide bonds. The first-order chi connectivity index (χ1) is 13.7. The minimum atomic E-state index is -0.275. The van der Waals surface area contributed by atoms with E-state index in [0.717, 1.165) is 55.2 Å². The number of ether oxygens (including phenoxy) is 2. The third kappa shape index (κ3) is 3.68. The molecule has 1 aliphatic rings. The molecule has 3 heterocycles. The highest BCUT2D eigenvalue weighted by Crippen LogP contribution is 2.34. The van der Waals surface area contributed by atoms with Crippen LogP contribution >= 0.6 is 0 Å². The Labute approximate surface area is 163 Å². The van der Waals surface area contributed by atoms with E-state index in [4.69, 9.17) is 14.5 Å². The summed E-state index contributed by atoms with van der Waals surface area (Å²) in [6.07, 6.45) is 2.61. The lowest BCUT2D eigenvalue weighted by atomic mass is 10.1. The second kappa shape index (κ2) is 8.16. The van der Waals surface area contributed by atoms with Crippen molar-refractivity contribution in [2.75, 3.05) is 40.4 Å². The predicted octanol–water partition coefficient (Wildman–Crippen LogP) is 2.95. The van der Waals surface area contributed by atoms with Crippen molar-refractivity contribution in [3.63, 3.8) is 0 Å². The number of rotatable bonds is 5. The summed E-state index contributed by atoms with van der Waals surface area (Å²) >= 11 is 0. The van der Waals surface area contributed by atoms with Crippen LogP contribution in [0.1, 0.15) is 12.1 Å². The van der Waals surface area contributed by atoms with E-state index in [9.17, 15) is 4.39 Å². The predicted molar refractivity (Wildman–Crippen MR) is 106 cm³/mol. The van der Waals surface area contributed by atoms with E-state index in [0.29, 0.717) is 18.0 Å². The van der Waals surface area contributed by atoms with Crippen LogP contribution in [0.25, 0.3) is 16.9 Å². The molecule has 0 saturated carbocycles. The second-order valence-electron chi connectivity index (χ2n) is 6.93. The zero-order chi connectivity index (χ0) is 19.5. The summed E-state index contributed by atoms with van der Waals surface area (Å²) in [5.74, 6) is 1.04. The van der Waals surface area contributed by atoms with Crippen molar-refractivity contribution in [3.05, 3.63) is 48.0 Å². The summed E-state index contributed by atoms with van der Waals surface area (Å²) < 4.78 is 26.7. The molecule has 0 bridgehead atoms. The Morgan fingerprint density at radius 1 is 1.07 bits per heavy atom. The SMILES string of the molecule is COc1ccc(-c2nc3ccc(F)cn3c2CN2CCCNCC2)cc1OC. The molecule has 6 nitrogen and oxygen atoms in total. The van der Waals surface area contributed by atoms with Gasteiger partial charge in [-0.05, 0) is 49.8 Å². The van der Waals surface area contributed by atoms with Crippen molar-refractivity contribution >= 4 is 5.65 Å². The monoisotopic (exact) mass is 384 g/mol. The average Bonchev–Trinajstić information content (AvgIpc) is 2.88. The zero-order valence-electron chi connectivity index (χ0n) is 16.2. The Hall–Kier alpha value is -2.64. The number of aromatic nitrogens is 2. The molecular formula is C21H25FN4O2. The molecule has 148 valence electrons. The molecule has 4 rings (SSSR count). The molecule has 0 spiro atoms. The molecule has 0 atom stereocenters. The first-order valence-electron chi connectivity index (χ1n) is 9.51. The lowest BCUT2D eigenvalue weighted by Crippen LogP contribution is -2.28. The number of hydrogen-bond donors (Lipinski definition) is 1. The van der Waals surface area contributed by atoms with Crippen LogP contribution in [-0.2, 0) is 6.54 Å². The van der Waals surface area contributed by atoms with Crippen molar-refractivity contribution < 1.29 is 13.9 Å². The van der Waals surface area contributed by atoms with Gasteiger partial charge in [0, 0.05) is 31.4 Å². The number of hydrogen-bond acceptors (Lipinski definition) is 5. The highest BCUT2D eigenvalue weighted by molar-refractivity contribution is 5.69. The molecule has 0 unspecified atom stereocenters. The Balaban J connectivity index is 1.81. The van der Waals surface area contributed by atoms with E-state index in [2.05, 4.69) is 10.2 Å². The second-order valence-corrected chi connectivity index (χ2v) is 6.93. The number of fused-ring (bicyclic) bond motifs is 1. The fourth-order valence-electron chi connectivity index (χ4n) is 3.70. The molecule has 1 aliphatic heterocycles. The van der Waals surface area contributed by atoms with Crippen LogP contribution < -0.4 is 14.8 Å². The first kappa shape index (κ1) is 18.7. The largest absolute Gasteiger partial charge is 0.493 e. The Bertz CT molecular complexity index is 964. The summed E-state index contributed by atoms with van der Waals surface area (Å²) in [4.78, 5) is 7.19. The fourth-order valence-corrected chi connectivity index (χ4v) is 3.70. The summed E-state index contributed by atoms with van der Waals surface area (Å²) in [6, 6.07) is 8.92. The number of pyridine rings is 1. The minimum Gasteiger partial charge on any atom is -0.493 e. The van der Waals surface area contributed by atoms with Gasteiger partial charge in [-0.2, -0.15) is 0 Å².